The molecule has 0 amide bonds. The highest BCUT2D eigenvalue weighted by molar-refractivity contribution is 4.70. The quantitative estimate of drug-likeness (QED) is 0.647. The van der Waals surface area contributed by atoms with Crippen molar-refractivity contribution in [3.63, 3.8) is 0 Å². The molecule has 2 aliphatic heterocycles. The lowest BCUT2D eigenvalue weighted by Crippen LogP contribution is -2.44. The Morgan fingerprint density at radius 3 is 1.20 bits per heavy atom. The van der Waals surface area contributed by atoms with E-state index >= 15 is 0 Å². The molecule has 2 rings (SSSR count). The van der Waals surface area contributed by atoms with Gasteiger partial charge in [-0.15, -0.1) is 0 Å². The minimum absolute atomic E-state index is 1.25. The van der Waals surface area contributed by atoms with E-state index in [0.717, 1.165) is 0 Å². The monoisotopic (exact) mass is 282 g/mol. The number of likely N-dealkylation sites (N-methyl/N-ethyl adjacent to an activating group) is 2. The lowest BCUT2D eigenvalue weighted by molar-refractivity contribution is 0.147. The van der Waals surface area contributed by atoms with Crippen LogP contribution in [0.15, 0.2) is 0 Å². The Labute approximate surface area is 125 Å². The van der Waals surface area contributed by atoms with Crippen LogP contribution in [0, 0.1) is 0 Å². The largest absolute Gasteiger partial charge is 0.304 e. The zero-order chi connectivity index (χ0) is 14.2. The number of unbranched alkanes of at least 4 members (excludes halogenated alkanes) is 3. The fraction of sp³-hybridized carbons (Fsp3) is 1.00. The first-order valence-corrected chi connectivity index (χ1v) is 8.56. The third kappa shape index (κ3) is 6.08. The van der Waals surface area contributed by atoms with Crippen LogP contribution >= 0.6 is 0 Å². The molecule has 2 heterocycles. The lowest BCUT2D eigenvalue weighted by Gasteiger charge is -2.32. The molecule has 0 aromatic rings. The minimum atomic E-state index is 1.25. The summed E-state index contributed by atoms with van der Waals surface area (Å²) in [5.41, 5.74) is 0. The molecular formula is C16H34N4. The van der Waals surface area contributed by atoms with Crippen molar-refractivity contribution in [3.05, 3.63) is 0 Å². The summed E-state index contributed by atoms with van der Waals surface area (Å²) in [5.74, 6) is 0. The second-order valence-corrected chi connectivity index (χ2v) is 6.70. The van der Waals surface area contributed by atoms with Crippen molar-refractivity contribution in [2.45, 2.75) is 25.7 Å². The fourth-order valence-electron chi connectivity index (χ4n) is 3.17. The molecule has 0 unspecified atom stereocenters. The zero-order valence-corrected chi connectivity index (χ0v) is 13.7. The molecule has 2 aliphatic rings. The van der Waals surface area contributed by atoms with Crippen LogP contribution in [0.4, 0.5) is 0 Å². The maximum atomic E-state index is 2.64. The number of hydrogen-bond donors (Lipinski definition) is 0. The van der Waals surface area contributed by atoms with Crippen molar-refractivity contribution in [2.24, 2.45) is 0 Å². The summed E-state index contributed by atoms with van der Waals surface area (Å²) in [6.45, 7) is 12.8. The van der Waals surface area contributed by atoms with Crippen molar-refractivity contribution in [2.75, 3.05) is 79.5 Å². The van der Waals surface area contributed by atoms with Crippen molar-refractivity contribution in [1.82, 2.24) is 19.6 Å². The van der Waals surface area contributed by atoms with Gasteiger partial charge in [0.15, 0.2) is 0 Å². The van der Waals surface area contributed by atoms with Crippen LogP contribution in [0.1, 0.15) is 25.7 Å². The maximum absolute atomic E-state index is 2.64. The summed E-state index contributed by atoms with van der Waals surface area (Å²) < 4.78 is 0. The first kappa shape index (κ1) is 16.2. The SMILES string of the molecule is CN1CCN(CCCCCCN2CCN(C)CC2)CC1. The minimum Gasteiger partial charge on any atom is -0.304 e. The summed E-state index contributed by atoms with van der Waals surface area (Å²) in [6.07, 6.45) is 5.62. The highest BCUT2D eigenvalue weighted by atomic mass is 15.2. The molecule has 0 spiro atoms. The van der Waals surface area contributed by atoms with Gasteiger partial charge in [-0.2, -0.15) is 0 Å². The lowest BCUT2D eigenvalue weighted by atomic mass is 10.1. The summed E-state index contributed by atoms with van der Waals surface area (Å²) in [4.78, 5) is 10.2. The second-order valence-electron chi connectivity index (χ2n) is 6.70. The number of nitrogens with zero attached hydrogens (tertiary/aromatic N) is 4. The highest BCUT2D eigenvalue weighted by Crippen LogP contribution is 2.07. The summed E-state index contributed by atoms with van der Waals surface area (Å²) in [5, 5.41) is 0. The molecule has 20 heavy (non-hydrogen) atoms. The van der Waals surface area contributed by atoms with E-state index in [-0.39, 0.29) is 0 Å². The van der Waals surface area contributed by atoms with Crippen LogP contribution < -0.4 is 0 Å². The third-order valence-electron chi connectivity index (χ3n) is 4.89. The topological polar surface area (TPSA) is 13.0 Å². The molecule has 0 N–H and O–H groups in total. The second kappa shape index (κ2) is 8.98. The Morgan fingerprint density at radius 1 is 0.500 bits per heavy atom. The smallest absolute Gasteiger partial charge is 0.0110 e. The Balaban J connectivity index is 1.40. The van der Waals surface area contributed by atoms with Gasteiger partial charge in [-0.25, -0.2) is 0 Å². The molecule has 118 valence electrons. The van der Waals surface area contributed by atoms with E-state index < -0.39 is 0 Å². The van der Waals surface area contributed by atoms with Crippen LogP contribution in [-0.4, -0.2) is 99.1 Å². The Hall–Kier alpha value is -0.160. The normalized spacial score (nSPS) is 24.3. The number of rotatable bonds is 7. The molecule has 0 saturated carbocycles. The van der Waals surface area contributed by atoms with E-state index in [4.69, 9.17) is 0 Å². The molecular weight excluding hydrogens is 248 g/mol. The van der Waals surface area contributed by atoms with Crippen LogP contribution in [0.3, 0.4) is 0 Å². The van der Waals surface area contributed by atoms with Gasteiger partial charge in [-0.3, -0.25) is 0 Å². The Bertz CT molecular complexity index is 217. The van der Waals surface area contributed by atoms with Crippen LogP contribution in [-0.2, 0) is 0 Å². The van der Waals surface area contributed by atoms with Crippen molar-refractivity contribution < 1.29 is 0 Å². The molecule has 4 heteroatoms. The molecule has 2 fully saturated rings. The van der Waals surface area contributed by atoms with Crippen LogP contribution in [0.5, 0.6) is 0 Å². The first-order chi connectivity index (χ1) is 9.74. The van der Waals surface area contributed by atoms with Crippen molar-refractivity contribution >= 4 is 0 Å². The third-order valence-corrected chi connectivity index (χ3v) is 4.89. The molecule has 0 aromatic carbocycles. The number of piperazine rings is 2. The fourth-order valence-corrected chi connectivity index (χ4v) is 3.17. The zero-order valence-electron chi connectivity index (χ0n) is 13.7. The average molecular weight is 282 g/mol. The highest BCUT2D eigenvalue weighted by Gasteiger charge is 2.14. The maximum Gasteiger partial charge on any atom is 0.0110 e. The van der Waals surface area contributed by atoms with Crippen LogP contribution in [0.25, 0.3) is 0 Å². The van der Waals surface area contributed by atoms with E-state index in [1.807, 2.05) is 0 Å². The molecule has 0 bridgehead atoms. The van der Waals surface area contributed by atoms with Gasteiger partial charge < -0.3 is 19.6 Å². The van der Waals surface area contributed by atoms with E-state index in [0.29, 0.717) is 0 Å². The van der Waals surface area contributed by atoms with Gasteiger partial charge >= 0.3 is 0 Å². The average Bonchev–Trinajstić information content (AvgIpc) is 2.46. The molecule has 0 aliphatic carbocycles. The van der Waals surface area contributed by atoms with E-state index in [9.17, 15) is 0 Å². The predicted octanol–water partition coefficient (Wildman–Crippen LogP) is 1.04. The van der Waals surface area contributed by atoms with Gasteiger partial charge in [-0.05, 0) is 40.0 Å². The van der Waals surface area contributed by atoms with Gasteiger partial charge in [-0.1, -0.05) is 12.8 Å². The predicted molar refractivity (Wildman–Crippen MR) is 86.3 cm³/mol. The van der Waals surface area contributed by atoms with Gasteiger partial charge in [0.2, 0.25) is 0 Å². The number of hydrogen-bond acceptors (Lipinski definition) is 4. The van der Waals surface area contributed by atoms with Crippen molar-refractivity contribution in [1.29, 1.82) is 0 Å². The van der Waals surface area contributed by atoms with Crippen molar-refractivity contribution in [3.8, 4) is 0 Å². The molecule has 0 radical (unpaired) electrons. The van der Waals surface area contributed by atoms with Crippen LogP contribution in [0.2, 0.25) is 0 Å². The summed E-state index contributed by atoms with van der Waals surface area (Å²) >= 11 is 0. The first-order valence-electron chi connectivity index (χ1n) is 8.56. The van der Waals surface area contributed by atoms with Gasteiger partial charge in [0.1, 0.15) is 0 Å². The van der Waals surface area contributed by atoms with Gasteiger partial charge in [0.05, 0.1) is 0 Å². The molecule has 0 aromatic heterocycles. The Kier molecular flexibility index (Phi) is 7.28. The summed E-state index contributed by atoms with van der Waals surface area (Å²) in [6, 6.07) is 0. The van der Waals surface area contributed by atoms with E-state index in [2.05, 4.69) is 33.7 Å². The van der Waals surface area contributed by atoms with E-state index in [1.165, 1.54) is 91.1 Å². The molecule has 0 atom stereocenters. The van der Waals surface area contributed by atoms with Gasteiger partial charge in [0, 0.05) is 52.4 Å². The van der Waals surface area contributed by atoms with Gasteiger partial charge in [0.25, 0.3) is 0 Å². The standard InChI is InChI=1S/C16H34N4/c1-17-9-13-19(14-10-17)7-5-3-4-6-8-20-15-11-18(2)12-16-20/h3-16H2,1-2H3. The summed E-state index contributed by atoms with van der Waals surface area (Å²) in [7, 11) is 4.46. The van der Waals surface area contributed by atoms with E-state index in [1.54, 1.807) is 0 Å². The Morgan fingerprint density at radius 2 is 0.850 bits per heavy atom. The molecule has 4 nitrogen and oxygen atoms in total. The molecule has 2 saturated heterocycles.